The van der Waals surface area contributed by atoms with Gasteiger partial charge in [0.2, 0.25) is 0 Å². The number of thiocarbonyl (C=S) groups is 1. The molecule has 2 N–H and O–H groups in total. The Balaban J connectivity index is 1.64. The smallest absolute Gasteiger partial charge is 0.170 e. The lowest BCUT2D eigenvalue weighted by Crippen LogP contribution is -2.30. The third kappa shape index (κ3) is 6.20. The third-order valence-corrected chi connectivity index (χ3v) is 4.62. The Labute approximate surface area is 146 Å². The van der Waals surface area contributed by atoms with E-state index in [2.05, 4.69) is 29.7 Å². The molecule has 2 rings (SSSR count). The van der Waals surface area contributed by atoms with Gasteiger partial charge in [-0.15, -0.1) is 0 Å². The van der Waals surface area contributed by atoms with E-state index in [1.165, 1.54) is 11.6 Å². The lowest BCUT2D eigenvalue weighted by molar-refractivity contribution is 0.617. The van der Waals surface area contributed by atoms with Crippen molar-refractivity contribution in [2.75, 3.05) is 17.6 Å². The largest absolute Gasteiger partial charge is 0.362 e. The quantitative estimate of drug-likeness (QED) is 0.564. The first kappa shape index (κ1) is 17.8. The molecule has 23 heavy (non-hydrogen) atoms. The molecule has 0 saturated carbocycles. The second-order valence-electron chi connectivity index (χ2n) is 5.08. The summed E-state index contributed by atoms with van der Waals surface area (Å²) in [7, 11) is 0. The van der Waals surface area contributed by atoms with E-state index in [0.717, 1.165) is 30.0 Å². The van der Waals surface area contributed by atoms with Gasteiger partial charge < -0.3 is 10.6 Å². The second-order valence-corrected chi connectivity index (χ2v) is 6.59. The second kappa shape index (κ2) is 9.53. The minimum atomic E-state index is -0.138. The predicted octanol–water partition coefficient (Wildman–Crippen LogP) is 4.61. The van der Waals surface area contributed by atoms with Gasteiger partial charge in [0.25, 0.3) is 0 Å². The first-order valence-corrected chi connectivity index (χ1v) is 9.20. The van der Waals surface area contributed by atoms with Crippen LogP contribution in [0.2, 0.25) is 0 Å². The summed E-state index contributed by atoms with van der Waals surface area (Å²) in [6.45, 7) is 2.88. The van der Waals surface area contributed by atoms with Gasteiger partial charge in [-0.25, -0.2) is 4.39 Å². The van der Waals surface area contributed by atoms with Crippen LogP contribution in [-0.2, 0) is 12.2 Å². The molecule has 0 aliphatic heterocycles. The van der Waals surface area contributed by atoms with E-state index in [4.69, 9.17) is 12.2 Å². The normalized spacial score (nSPS) is 10.3. The molecular weight excluding hydrogens is 327 g/mol. The van der Waals surface area contributed by atoms with Gasteiger partial charge in [-0.1, -0.05) is 37.3 Å². The number of thioether (sulfide) groups is 1. The van der Waals surface area contributed by atoms with Crippen molar-refractivity contribution in [3.05, 3.63) is 65.5 Å². The van der Waals surface area contributed by atoms with Crippen molar-refractivity contribution < 1.29 is 4.39 Å². The topological polar surface area (TPSA) is 24.1 Å². The van der Waals surface area contributed by atoms with Gasteiger partial charge in [-0.2, -0.15) is 11.8 Å². The van der Waals surface area contributed by atoms with Crippen molar-refractivity contribution in [2.24, 2.45) is 0 Å². The molecular formula is C18H21FN2S2. The third-order valence-electron chi connectivity index (χ3n) is 3.37. The molecule has 0 aliphatic carbocycles. The Morgan fingerprint density at radius 1 is 1.13 bits per heavy atom. The molecule has 0 spiro atoms. The lowest BCUT2D eigenvalue weighted by atomic mass is 10.1. The minimum absolute atomic E-state index is 0.138. The van der Waals surface area contributed by atoms with Crippen LogP contribution in [0.4, 0.5) is 10.1 Å². The molecule has 0 aliphatic rings. The average molecular weight is 349 g/mol. The molecule has 0 unspecified atom stereocenters. The zero-order valence-corrected chi connectivity index (χ0v) is 14.8. The number of anilines is 1. The van der Waals surface area contributed by atoms with Gasteiger partial charge in [0.15, 0.2) is 5.11 Å². The molecule has 0 fully saturated rings. The first-order valence-electron chi connectivity index (χ1n) is 7.64. The maximum Gasteiger partial charge on any atom is 0.170 e. The summed E-state index contributed by atoms with van der Waals surface area (Å²) in [5.41, 5.74) is 3.03. The van der Waals surface area contributed by atoms with Crippen LogP contribution in [0.5, 0.6) is 0 Å². The van der Waals surface area contributed by atoms with Crippen molar-refractivity contribution in [3.63, 3.8) is 0 Å². The molecule has 2 aromatic rings. The van der Waals surface area contributed by atoms with E-state index in [9.17, 15) is 4.39 Å². The van der Waals surface area contributed by atoms with Crippen LogP contribution in [0.1, 0.15) is 18.1 Å². The van der Waals surface area contributed by atoms with Crippen molar-refractivity contribution in [3.8, 4) is 0 Å². The highest BCUT2D eigenvalue weighted by molar-refractivity contribution is 7.98. The summed E-state index contributed by atoms with van der Waals surface area (Å²) in [6.07, 6.45) is 1.03. The number of rotatable bonds is 7. The molecule has 0 atom stereocenters. The van der Waals surface area contributed by atoms with E-state index in [1.807, 2.05) is 24.3 Å². The van der Waals surface area contributed by atoms with Crippen LogP contribution in [0.15, 0.2) is 48.5 Å². The minimum Gasteiger partial charge on any atom is -0.362 e. The standard InChI is InChI=1S/C18H21FN2S2/c1-2-14-7-9-16(10-8-14)21-18(22)20-11-12-23-13-15-5-3-4-6-17(15)19/h3-10H,2,11-13H2,1H3,(H2,20,21,22). The van der Waals surface area contributed by atoms with E-state index in [1.54, 1.807) is 17.8 Å². The monoisotopic (exact) mass is 348 g/mol. The van der Waals surface area contributed by atoms with Crippen LogP contribution >= 0.6 is 24.0 Å². The predicted molar refractivity (Wildman–Crippen MR) is 103 cm³/mol. The number of halogens is 1. The van der Waals surface area contributed by atoms with E-state index < -0.39 is 0 Å². The maximum absolute atomic E-state index is 13.5. The fourth-order valence-corrected chi connectivity index (χ4v) is 3.10. The highest BCUT2D eigenvalue weighted by atomic mass is 32.2. The number of hydrogen-bond acceptors (Lipinski definition) is 2. The highest BCUT2D eigenvalue weighted by Crippen LogP contribution is 2.14. The fourth-order valence-electron chi connectivity index (χ4n) is 2.03. The summed E-state index contributed by atoms with van der Waals surface area (Å²) < 4.78 is 13.5. The van der Waals surface area contributed by atoms with Gasteiger partial charge in [0.05, 0.1) is 0 Å². The molecule has 0 saturated heterocycles. The molecule has 0 heterocycles. The molecule has 0 radical (unpaired) electrons. The van der Waals surface area contributed by atoms with Gasteiger partial charge in [0.1, 0.15) is 5.82 Å². The molecule has 2 aromatic carbocycles. The molecule has 2 nitrogen and oxygen atoms in total. The van der Waals surface area contributed by atoms with Crippen molar-refractivity contribution in [1.82, 2.24) is 5.32 Å². The van der Waals surface area contributed by atoms with Crippen LogP contribution in [0.25, 0.3) is 0 Å². The zero-order valence-electron chi connectivity index (χ0n) is 13.1. The van der Waals surface area contributed by atoms with E-state index in [-0.39, 0.29) is 5.82 Å². The summed E-state index contributed by atoms with van der Waals surface area (Å²) in [5, 5.41) is 6.94. The van der Waals surface area contributed by atoms with Crippen molar-refractivity contribution in [1.29, 1.82) is 0 Å². The SMILES string of the molecule is CCc1ccc(NC(=S)NCCSCc2ccccc2F)cc1. The molecule has 5 heteroatoms. The molecule has 0 bridgehead atoms. The van der Waals surface area contributed by atoms with Gasteiger partial charge >= 0.3 is 0 Å². The Bertz CT molecular complexity index is 629. The Kier molecular flexibility index (Phi) is 7.36. The summed E-state index contributed by atoms with van der Waals surface area (Å²) in [6, 6.07) is 15.1. The number of hydrogen-bond donors (Lipinski definition) is 2. The number of aryl methyl sites for hydroxylation is 1. The summed E-state index contributed by atoms with van der Waals surface area (Å²) in [5.74, 6) is 1.40. The fraction of sp³-hybridized carbons (Fsp3) is 0.278. The van der Waals surface area contributed by atoms with E-state index >= 15 is 0 Å². The average Bonchev–Trinajstić information content (AvgIpc) is 2.57. The van der Waals surface area contributed by atoms with Crippen LogP contribution in [0, 0.1) is 5.82 Å². The Hall–Kier alpha value is -1.59. The van der Waals surface area contributed by atoms with Crippen LogP contribution in [-0.4, -0.2) is 17.4 Å². The maximum atomic E-state index is 13.5. The van der Waals surface area contributed by atoms with E-state index in [0.29, 0.717) is 10.9 Å². The van der Waals surface area contributed by atoms with Gasteiger partial charge in [-0.05, 0) is 48.0 Å². The van der Waals surface area contributed by atoms with Crippen molar-refractivity contribution in [2.45, 2.75) is 19.1 Å². The Morgan fingerprint density at radius 3 is 2.57 bits per heavy atom. The lowest BCUT2D eigenvalue weighted by Gasteiger charge is -2.11. The molecule has 0 aromatic heterocycles. The highest BCUT2D eigenvalue weighted by Gasteiger charge is 2.01. The van der Waals surface area contributed by atoms with Crippen LogP contribution < -0.4 is 10.6 Å². The summed E-state index contributed by atoms with van der Waals surface area (Å²) in [4.78, 5) is 0. The molecule has 0 amide bonds. The number of benzene rings is 2. The summed E-state index contributed by atoms with van der Waals surface area (Å²) >= 11 is 6.95. The number of nitrogens with one attached hydrogen (secondary N) is 2. The van der Waals surface area contributed by atoms with Crippen molar-refractivity contribution >= 4 is 34.8 Å². The van der Waals surface area contributed by atoms with Gasteiger partial charge in [0, 0.05) is 23.7 Å². The Morgan fingerprint density at radius 2 is 1.87 bits per heavy atom. The first-order chi connectivity index (χ1) is 11.2. The molecule has 122 valence electrons. The zero-order chi connectivity index (χ0) is 16.5. The van der Waals surface area contributed by atoms with Crippen LogP contribution in [0.3, 0.4) is 0 Å². The van der Waals surface area contributed by atoms with Gasteiger partial charge in [-0.3, -0.25) is 0 Å².